The largest absolute Gasteiger partial charge is 0.343 e. The molecule has 1 heterocycles. The molecule has 2 N–H and O–H groups in total. The molecule has 0 fully saturated rings. The smallest absolute Gasteiger partial charge is 0.325 e. The van der Waals surface area contributed by atoms with Crippen LogP contribution in [-0.4, -0.2) is 26.4 Å². The van der Waals surface area contributed by atoms with Crippen molar-refractivity contribution in [2.24, 2.45) is 0 Å². The molecule has 7 nitrogen and oxygen atoms in total. The first-order valence-corrected chi connectivity index (χ1v) is 8.19. The Morgan fingerprint density at radius 3 is 3.00 bits per heavy atom. The maximum absolute atomic E-state index is 12.0. The van der Waals surface area contributed by atoms with Crippen LogP contribution in [0, 0.1) is 11.3 Å². The van der Waals surface area contributed by atoms with Crippen molar-refractivity contribution < 1.29 is 4.79 Å². The van der Waals surface area contributed by atoms with Crippen molar-refractivity contribution in [2.75, 3.05) is 11.1 Å². The van der Waals surface area contributed by atoms with Gasteiger partial charge in [-0.05, 0) is 24.6 Å². The number of hydrogen-bond donors (Lipinski definition) is 2. The zero-order valence-corrected chi connectivity index (χ0v) is 13.9. The van der Waals surface area contributed by atoms with Gasteiger partial charge in [0, 0.05) is 12.2 Å². The standard InChI is InChI=1S/C14H14ClN5O2S/c1-2-5-20-13(22)18-19-14(20)23-8-12(21)17-10-4-3-9(7-16)11(15)6-10/h3-4,6H,2,5,8H2,1H3,(H,17,21)(H,18,22). The van der Waals surface area contributed by atoms with Crippen molar-refractivity contribution in [3.63, 3.8) is 0 Å². The van der Waals surface area contributed by atoms with Gasteiger partial charge in [-0.2, -0.15) is 5.26 Å². The van der Waals surface area contributed by atoms with Crippen molar-refractivity contribution in [1.82, 2.24) is 14.8 Å². The van der Waals surface area contributed by atoms with E-state index in [4.69, 9.17) is 16.9 Å². The van der Waals surface area contributed by atoms with Crippen LogP contribution in [0.25, 0.3) is 0 Å². The molecular formula is C14H14ClN5O2S. The Hall–Kier alpha value is -2.24. The minimum atomic E-state index is -0.284. The number of nitrogens with zero attached hydrogens (tertiary/aromatic N) is 3. The van der Waals surface area contributed by atoms with E-state index in [1.54, 1.807) is 6.07 Å². The number of amides is 1. The summed E-state index contributed by atoms with van der Waals surface area (Å²) >= 11 is 7.08. The van der Waals surface area contributed by atoms with Gasteiger partial charge >= 0.3 is 5.69 Å². The molecule has 9 heteroatoms. The zero-order valence-electron chi connectivity index (χ0n) is 12.3. The number of carbonyl (C=O) groups excluding carboxylic acids is 1. The number of benzene rings is 1. The van der Waals surface area contributed by atoms with Crippen LogP contribution < -0.4 is 11.0 Å². The normalized spacial score (nSPS) is 10.3. The van der Waals surface area contributed by atoms with Crippen LogP contribution >= 0.6 is 23.4 Å². The molecule has 2 aromatic rings. The fraction of sp³-hybridized carbons (Fsp3) is 0.286. The van der Waals surface area contributed by atoms with Gasteiger partial charge in [0.25, 0.3) is 0 Å². The number of carbonyl (C=O) groups is 1. The van der Waals surface area contributed by atoms with Gasteiger partial charge in [0.1, 0.15) is 6.07 Å². The number of nitriles is 1. The number of halogens is 1. The molecule has 0 aliphatic heterocycles. The van der Waals surface area contributed by atoms with Gasteiger partial charge in [0.05, 0.1) is 16.3 Å². The summed E-state index contributed by atoms with van der Waals surface area (Å²) < 4.78 is 1.50. The second-order valence-corrected chi connectivity index (χ2v) is 5.96. The lowest BCUT2D eigenvalue weighted by Gasteiger charge is -2.06. The van der Waals surface area contributed by atoms with E-state index in [-0.39, 0.29) is 22.4 Å². The molecule has 0 radical (unpaired) electrons. The molecule has 1 amide bonds. The highest BCUT2D eigenvalue weighted by molar-refractivity contribution is 7.99. The van der Waals surface area contributed by atoms with Crippen LogP contribution in [0.5, 0.6) is 0 Å². The van der Waals surface area contributed by atoms with E-state index in [0.29, 0.717) is 23.0 Å². The summed E-state index contributed by atoms with van der Waals surface area (Å²) in [7, 11) is 0. The van der Waals surface area contributed by atoms with Crippen LogP contribution in [-0.2, 0) is 11.3 Å². The van der Waals surface area contributed by atoms with E-state index < -0.39 is 0 Å². The van der Waals surface area contributed by atoms with Crippen LogP contribution in [0.4, 0.5) is 5.69 Å². The molecule has 1 aromatic heterocycles. The lowest BCUT2D eigenvalue weighted by Crippen LogP contribution is -2.18. The number of H-pyrrole nitrogens is 1. The van der Waals surface area contributed by atoms with Gasteiger partial charge in [-0.3, -0.25) is 9.36 Å². The molecule has 120 valence electrons. The fourth-order valence-electron chi connectivity index (χ4n) is 1.84. The Morgan fingerprint density at radius 2 is 2.35 bits per heavy atom. The Labute approximate surface area is 141 Å². The summed E-state index contributed by atoms with van der Waals surface area (Å²) in [5.74, 6) is -0.152. The number of aromatic amines is 1. The topological polar surface area (TPSA) is 104 Å². The monoisotopic (exact) mass is 351 g/mol. The summed E-state index contributed by atoms with van der Waals surface area (Å²) in [5.41, 5.74) is 0.570. The first-order valence-electron chi connectivity index (χ1n) is 6.82. The average molecular weight is 352 g/mol. The predicted molar refractivity (Wildman–Crippen MR) is 88.7 cm³/mol. The number of aromatic nitrogens is 3. The highest BCUT2D eigenvalue weighted by atomic mass is 35.5. The van der Waals surface area contributed by atoms with Crippen molar-refractivity contribution in [3.8, 4) is 6.07 Å². The number of nitrogens with one attached hydrogen (secondary N) is 2. The van der Waals surface area contributed by atoms with Gasteiger partial charge in [-0.1, -0.05) is 30.3 Å². The molecule has 0 unspecified atom stereocenters. The van der Waals surface area contributed by atoms with E-state index in [1.165, 1.54) is 28.5 Å². The SMILES string of the molecule is CCCn1c(SCC(=O)Nc2ccc(C#N)c(Cl)c2)n[nH]c1=O. The van der Waals surface area contributed by atoms with E-state index in [9.17, 15) is 9.59 Å². The van der Waals surface area contributed by atoms with Gasteiger partial charge in [-0.25, -0.2) is 9.89 Å². The van der Waals surface area contributed by atoms with Gasteiger partial charge in [0.2, 0.25) is 5.91 Å². The summed E-state index contributed by atoms with van der Waals surface area (Å²) in [6.45, 7) is 2.50. The van der Waals surface area contributed by atoms with Crippen LogP contribution in [0.15, 0.2) is 28.2 Å². The Bertz CT molecular complexity index is 808. The van der Waals surface area contributed by atoms with Crippen molar-refractivity contribution >= 4 is 35.0 Å². The van der Waals surface area contributed by atoms with E-state index >= 15 is 0 Å². The van der Waals surface area contributed by atoms with Crippen molar-refractivity contribution in [1.29, 1.82) is 5.26 Å². The third-order valence-electron chi connectivity index (χ3n) is 2.88. The quantitative estimate of drug-likeness (QED) is 0.777. The molecule has 0 saturated carbocycles. The molecular weight excluding hydrogens is 338 g/mol. The Kier molecular flexibility index (Phi) is 5.84. The predicted octanol–water partition coefficient (Wildman–Crippen LogP) is 2.24. The minimum Gasteiger partial charge on any atom is -0.325 e. The minimum absolute atomic E-state index is 0.103. The Balaban J connectivity index is 1.97. The molecule has 0 aliphatic carbocycles. The summed E-state index contributed by atoms with van der Waals surface area (Å²) in [6, 6.07) is 6.61. The second-order valence-electron chi connectivity index (χ2n) is 4.61. The second kappa shape index (κ2) is 7.85. The van der Waals surface area contributed by atoms with Crippen LogP contribution in [0.3, 0.4) is 0 Å². The molecule has 2 rings (SSSR count). The molecule has 0 bridgehead atoms. The molecule has 0 aliphatic rings. The maximum Gasteiger partial charge on any atom is 0.343 e. The molecule has 0 atom stereocenters. The van der Waals surface area contributed by atoms with Gasteiger partial charge in [-0.15, -0.1) is 5.10 Å². The average Bonchev–Trinajstić information content (AvgIpc) is 2.87. The molecule has 1 aromatic carbocycles. The zero-order chi connectivity index (χ0) is 16.8. The number of thioether (sulfide) groups is 1. The Morgan fingerprint density at radius 1 is 1.57 bits per heavy atom. The summed E-state index contributed by atoms with van der Waals surface area (Å²) in [4.78, 5) is 23.5. The number of anilines is 1. The van der Waals surface area contributed by atoms with Gasteiger partial charge in [0.15, 0.2) is 5.16 Å². The lowest BCUT2D eigenvalue weighted by atomic mass is 10.2. The first-order chi connectivity index (χ1) is 11.0. The third-order valence-corrected chi connectivity index (χ3v) is 4.17. The number of hydrogen-bond acceptors (Lipinski definition) is 5. The summed E-state index contributed by atoms with van der Waals surface area (Å²) in [6.07, 6.45) is 0.795. The number of rotatable bonds is 6. The lowest BCUT2D eigenvalue weighted by molar-refractivity contribution is -0.113. The van der Waals surface area contributed by atoms with Crippen LogP contribution in [0.1, 0.15) is 18.9 Å². The van der Waals surface area contributed by atoms with Crippen molar-refractivity contribution in [2.45, 2.75) is 25.0 Å². The fourth-order valence-corrected chi connectivity index (χ4v) is 2.84. The van der Waals surface area contributed by atoms with E-state index in [1.807, 2.05) is 13.0 Å². The van der Waals surface area contributed by atoms with E-state index in [2.05, 4.69) is 15.5 Å². The third kappa shape index (κ3) is 4.37. The highest BCUT2D eigenvalue weighted by Gasteiger charge is 2.11. The molecule has 0 saturated heterocycles. The van der Waals surface area contributed by atoms with E-state index in [0.717, 1.165) is 6.42 Å². The summed E-state index contributed by atoms with van der Waals surface area (Å²) in [5, 5.41) is 18.5. The van der Waals surface area contributed by atoms with Gasteiger partial charge < -0.3 is 5.32 Å². The first kappa shape index (κ1) is 17.1. The maximum atomic E-state index is 12.0. The molecule has 23 heavy (non-hydrogen) atoms. The molecule has 0 spiro atoms. The highest BCUT2D eigenvalue weighted by Crippen LogP contribution is 2.21. The van der Waals surface area contributed by atoms with Crippen molar-refractivity contribution in [3.05, 3.63) is 39.3 Å². The van der Waals surface area contributed by atoms with Crippen LogP contribution in [0.2, 0.25) is 5.02 Å².